The van der Waals surface area contributed by atoms with Crippen molar-refractivity contribution in [1.82, 2.24) is 0 Å². The number of nitrogens with zero attached hydrogens (tertiary/aromatic N) is 2. The molecular formula is C10H11N3O. The minimum absolute atomic E-state index is 0.148. The van der Waals surface area contributed by atoms with E-state index >= 15 is 0 Å². The maximum Gasteiger partial charge on any atom is 0.236 e. The highest BCUT2D eigenvalue weighted by atomic mass is 16.1. The summed E-state index contributed by atoms with van der Waals surface area (Å²) in [6, 6.07) is 9.05. The van der Waals surface area contributed by atoms with E-state index in [0.29, 0.717) is 5.56 Å². The number of benzene rings is 1. The molecule has 0 aliphatic heterocycles. The number of hydrogen-bond acceptors (Lipinski definition) is 3. The quantitative estimate of drug-likeness (QED) is 0.751. The summed E-state index contributed by atoms with van der Waals surface area (Å²) < 4.78 is 0. The van der Waals surface area contributed by atoms with E-state index in [1.54, 1.807) is 30.1 Å². The van der Waals surface area contributed by atoms with Crippen LogP contribution in [-0.4, -0.2) is 19.5 Å². The van der Waals surface area contributed by atoms with Gasteiger partial charge in [0.15, 0.2) is 0 Å². The molecular weight excluding hydrogens is 178 g/mol. The van der Waals surface area contributed by atoms with Crippen LogP contribution in [0.4, 0.5) is 5.69 Å². The fraction of sp³-hybridized carbons (Fsp3) is 0.200. The fourth-order valence-corrected chi connectivity index (χ4v) is 1.14. The van der Waals surface area contributed by atoms with Gasteiger partial charge >= 0.3 is 0 Å². The molecule has 0 fully saturated rings. The number of anilines is 1. The lowest BCUT2D eigenvalue weighted by molar-refractivity contribution is -0.116. The zero-order valence-electron chi connectivity index (χ0n) is 7.90. The Kier molecular flexibility index (Phi) is 3.08. The van der Waals surface area contributed by atoms with Gasteiger partial charge < -0.3 is 10.6 Å². The molecule has 0 aromatic heterocycles. The molecule has 0 radical (unpaired) electrons. The Bertz CT molecular complexity index is 381. The number of primary amides is 1. The van der Waals surface area contributed by atoms with E-state index in [2.05, 4.69) is 0 Å². The highest BCUT2D eigenvalue weighted by Crippen LogP contribution is 2.13. The van der Waals surface area contributed by atoms with Crippen molar-refractivity contribution in [2.24, 2.45) is 5.73 Å². The van der Waals surface area contributed by atoms with Gasteiger partial charge in [-0.25, -0.2) is 0 Å². The van der Waals surface area contributed by atoms with Crippen LogP contribution >= 0.6 is 0 Å². The molecule has 1 rings (SSSR count). The normalized spacial score (nSPS) is 9.14. The van der Waals surface area contributed by atoms with Crippen LogP contribution < -0.4 is 10.6 Å². The Morgan fingerprint density at radius 2 is 2.36 bits per heavy atom. The Morgan fingerprint density at radius 3 is 2.93 bits per heavy atom. The van der Waals surface area contributed by atoms with E-state index in [9.17, 15) is 4.79 Å². The standard InChI is InChI=1S/C10H11N3O/c1-13(7-10(12)14)9-4-2-3-8(5-9)6-11/h2-5H,7H2,1H3,(H2,12,14). The summed E-state index contributed by atoms with van der Waals surface area (Å²) in [5, 5.41) is 8.67. The Hall–Kier alpha value is -2.02. The van der Waals surface area contributed by atoms with Crippen molar-refractivity contribution < 1.29 is 4.79 Å². The first-order chi connectivity index (χ1) is 6.63. The summed E-state index contributed by atoms with van der Waals surface area (Å²) in [7, 11) is 1.75. The Balaban J connectivity index is 2.85. The molecule has 0 saturated carbocycles. The summed E-state index contributed by atoms with van der Waals surface area (Å²) >= 11 is 0. The molecule has 0 heterocycles. The van der Waals surface area contributed by atoms with Crippen molar-refractivity contribution in [1.29, 1.82) is 5.26 Å². The van der Waals surface area contributed by atoms with Gasteiger partial charge in [-0.3, -0.25) is 4.79 Å². The molecule has 2 N–H and O–H groups in total. The number of hydrogen-bond donors (Lipinski definition) is 1. The summed E-state index contributed by atoms with van der Waals surface area (Å²) in [4.78, 5) is 12.4. The lowest BCUT2D eigenvalue weighted by Crippen LogP contribution is -2.30. The van der Waals surface area contributed by atoms with Crippen LogP contribution in [0.2, 0.25) is 0 Å². The monoisotopic (exact) mass is 189 g/mol. The fourth-order valence-electron chi connectivity index (χ4n) is 1.14. The van der Waals surface area contributed by atoms with Gasteiger partial charge in [-0.05, 0) is 18.2 Å². The van der Waals surface area contributed by atoms with Crippen LogP contribution in [-0.2, 0) is 4.79 Å². The first-order valence-corrected chi connectivity index (χ1v) is 4.13. The highest BCUT2D eigenvalue weighted by Gasteiger charge is 2.04. The minimum atomic E-state index is -0.394. The summed E-state index contributed by atoms with van der Waals surface area (Å²) in [5.74, 6) is -0.394. The second kappa shape index (κ2) is 4.28. The number of nitrogens with two attached hydrogens (primary N) is 1. The molecule has 1 amide bonds. The Morgan fingerprint density at radius 1 is 1.64 bits per heavy atom. The number of carbonyl (C=O) groups excluding carboxylic acids is 1. The lowest BCUT2D eigenvalue weighted by atomic mass is 10.2. The Labute approximate surface area is 82.5 Å². The number of nitriles is 1. The van der Waals surface area contributed by atoms with Gasteiger partial charge in [-0.15, -0.1) is 0 Å². The SMILES string of the molecule is CN(CC(N)=O)c1cccc(C#N)c1. The first kappa shape index (κ1) is 10.1. The van der Waals surface area contributed by atoms with Crippen LogP contribution in [0.5, 0.6) is 0 Å². The van der Waals surface area contributed by atoms with E-state index in [1.807, 2.05) is 12.1 Å². The zero-order valence-corrected chi connectivity index (χ0v) is 7.90. The van der Waals surface area contributed by atoms with Crippen molar-refractivity contribution in [2.75, 3.05) is 18.5 Å². The first-order valence-electron chi connectivity index (χ1n) is 4.13. The number of rotatable bonds is 3. The third-order valence-electron chi connectivity index (χ3n) is 1.81. The zero-order chi connectivity index (χ0) is 10.6. The average Bonchev–Trinajstić information content (AvgIpc) is 2.17. The van der Waals surface area contributed by atoms with Crippen LogP contribution in [0.25, 0.3) is 0 Å². The van der Waals surface area contributed by atoms with E-state index in [1.165, 1.54) is 0 Å². The van der Waals surface area contributed by atoms with Gasteiger partial charge in [0.2, 0.25) is 5.91 Å². The maximum absolute atomic E-state index is 10.7. The molecule has 14 heavy (non-hydrogen) atoms. The topological polar surface area (TPSA) is 70.1 Å². The predicted molar refractivity (Wildman–Crippen MR) is 53.6 cm³/mol. The van der Waals surface area contributed by atoms with Gasteiger partial charge in [-0.1, -0.05) is 6.07 Å². The molecule has 72 valence electrons. The molecule has 0 bridgehead atoms. The van der Waals surface area contributed by atoms with Crippen molar-refractivity contribution in [3.05, 3.63) is 29.8 Å². The lowest BCUT2D eigenvalue weighted by Gasteiger charge is -2.16. The molecule has 0 aliphatic rings. The molecule has 0 atom stereocenters. The van der Waals surface area contributed by atoms with Crippen LogP contribution in [0, 0.1) is 11.3 Å². The van der Waals surface area contributed by atoms with Gasteiger partial charge in [0, 0.05) is 12.7 Å². The van der Waals surface area contributed by atoms with Crippen LogP contribution in [0.15, 0.2) is 24.3 Å². The summed E-state index contributed by atoms with van der Waals surface area (Å²) in [6.45, 7) is 0.148. The van der Waals surface area contributed by atoms with E-state index in [-0.39, 0.29) is 6.54 Å². The second-order valence-electron chi connectivity index (χ2n) is 2.98. The number of likely N-dealkylation sites (N-methyl/N-ethyl adjacent to an activating group) is 1. The van der Waals surface area contributed by atoms with Crippen molar-refractivity contribution in [3.63, 3.8) is 0 Å². The summed E-state index contributed by atoms with van der Waals surface area (Å²) in [6.07, 6.45) is 0. The van der Waals surface area contributed by atoms with Gasteiger partial charge in [0.1, 0.15) is 0 Å². The summed E-state index contributed by atoms with van der Waals surface area (Å²) in [5.41, 5.74) is 6.43. The third-order valence-corrected chi connectivity index (χ3v) is 1.81. The number of amides is 1. The smallest absolute Gasteiger partial charge is 0.236 e. The van der Waals surface area contributed by atoms with Gasteiger partial charge in [-0.2, -0.15) is 5.26 Å². The van der Waals surface area contributed by atoms with Crippen LogP contribution in [0.1, 0.15) is 5.56 Å². The molecule has 4 nitrogen and oxygen atoms in total. The van der Waals surface area contributed by atoms with Crippen LogP contribution in [0.3, 0.4) is 0 Å². The second-order valence-corrected chi connectivity index (χ2v) is 2.98. The largest absolute Gasteiger partial charge is 0.368 e. The molecule has 0 unspecified atom stereocenters. The third kappa shape index (κ3) is 2.49. The van der Waals surface area contributed by atoms with Gasteiger partial charge in [0.05, 0.1) is 18.2 Å². The molecule has 0 saturated heterocycles. The molecule has 4 heteroatoms. The van der Waals surface area contributed by atoms with Crippen molar-refractivity contribution >= 4 is 11.6 Å². The minimum Gasteiger partial charge on any atom is -0.368 e. The average molecular weight is 189 g/mol. The molecule has 1 aromatic carbocycles. The highest BCUT2D eigenvalue weighted by molar-refractivity contribution is 5.79. The van der Waals surface area contributed by atoms with E-state index in [4.69, 9.17) is 11.0 Å². The maximum atomic E-state index is 10.7. The predicted octanol–water partition coefficient (Wildman–Crippen LogP) is 0.480. The van der Waals surface area contributed by atoms with Gasteiger partial charge in [0.25, 0.3) is 0 Å². The van der Waals surface area contributed by atoms with E-state index in [0.717, 1.165) is 5.69 Å². The molecule has 1 aromatic rings. The number of carbonyl (C=O) groups is 1. The molecule has 0 spiro atoms. The molecule has 0 aliphatic carbocycles. The van der Waals surface area contributed by atoms with Crippen molar-refractivity contribution in [3.8, 4) is 6.07 Å². The van der Waals surface area contributed by atoms with Crippen molar-refractivity contribution in [2.45, 2.75) is 0 Å². The van der Waals surface area contributed by atoms with E-state index < -0.39 is 5.91 Å².